The molecule has 0 aliphatic rings. The molecule has 0 saturated heterocycles. The predicted octanol–water partition coefficient (Wildman–Crippen LogP) is 3.67. The molecule has 1 aromatic rings. The summed E-state index contributed by atoms with van der Waals surface area (Å²) in [6.07, 6.45) is 2.36. The van der Waals surface area contributed by atoms with Crippen LogP contribution in [0.15, 0.2) is 24.3 Å². The summed E-state index contributed by atoms with van der Waals surface area (Å²) in [7, 11) is 0. The van der Waals surface area contributed by atoms with Crippen molar-refractivity contribution in [3.63, 3.8) is 0 Å². The summed E-state index contributed by atoms with van der Waals surface area (Å²) < 4.78 is 12.7. The zero-order valence-corrected chi connectivity index (χ0v) is 10.5. The molecule has 0 fully saturated rings. The van der Waals surface area contributed by atoms with Crippen LogP contribution in [0, 0.1) is 5.82 Å². The summed E-state index contributed by atoms with van der Waals surface area (Å²) in [5, 5.41) is 0. The van der Waals surface area contributed by atoms with Gasteiger partial charge >= 0.3 is 0 Å². The molecule has 1 aromatic carbocycles. The maximum absolute atomic E-state index is 12.7. The highest BCUT2D eigenvalue weighted by atomic mass is 35.5. The lowest BCUT2D eigenvalue weighted by Crippen LogP contribution is -2.26. The molecular formula is C13H19ClFN. The van der Waals surface area contributed by atoms with E-state index in [0.717, 1.165) is 25.2 Å². The zero-order valence-electron chi connectivity index (χ0n) is 9.76. The van der Waals surface area contributed by atoms with Gasteiger partial charge in [-0.25, -0.2) is 4.39 Å². The van der Waals surface area contributed by atoms with Gasteiger partial charge in [-0.05, 0) is 30.7 Å². The first-order valence-corrected chi connectivity index (χ1v) is 6.32. The summed E-state index contributed by atoms with van der Waals surface area (Å²) in [6.45, 7) is 4.98. The molecule has 3 heteroatoms. The first-order chi connectivity index (χ1) is 7.76. The minimum absolute atomic E-state index is 0.179. The average molecular weight is 244 g/mol. The Kier molecular flexibility index (Phi) is 6.43. The van der Waals surface area contributed by atoms with Gasteiger partial charge in [0, 0.05) is 19.0 Å². The van der Waals surface area contributed by atoms with Crippen LogP contribution in [0.4, 0.5) is 4.39 Å². The third kappa shape index (κ3) is 4.95. The molecule has 0 aliphatic carbocycles. The number of hydrogen-bond acceptors (Lipinski definition) is 1. The van der Waals surface area contributed by atoms with E-state index in [2.05, 4.69) is 11.8 Å². The Morgan fingerprint density at radius 2 is 1.88 bits per heavy atom. The first-order valence-electron chi connectivity index (χ1n) is 5.79. The van der Waals surface area contributed by atoms with Crippen molar-refractivity contribution < 1.29 is 4.39 Å². The largest absolute Gasteiger partial charge is 0.298 e. The monoisotopic (exact) mass is 243 g/mol. The molecule has 0 N–H and O–H groups in total. The Labute approximate surface area is 102 Å². The number of rotatable bonds is 7. The number of nitrogens with zero attached hydrogens (tertiary/aromatic N) is 1. The van der Waals surface area contributed by atoms with Crippen LogP contribution in [-0.4, -0.2) is 23.9 Å². The minimum Gasteiger partial charge on any atom is -0.298 e. The Balaban J connectivity index is 2.49. The number of halogens is 2. The quantitative estimate of drug-likeness (QED) is 0.661. The van der Waals surface area contributed by atoms with Gasteiger partial charge < -0.3 is 0 Å². The van der Waals surface area contributed by atoms with Gasteiger partial charge in [-0.3, -0.25) is 4.90 Å². The second kappa shape index (κ2) is 7.64. The maximum Gasteiger partial charge on any atom is 0.123 e. The predicted molar refractivity (Wildman–Crippen MR) is 67.3 cm³/mol. The van der Waals surface area contributed by atoms with E-state index in [4.69, 9.17) is 11.6 Å². The van der Waals surface area contributed by atoms with Crippen molar-refractivity contribution in [1.29, 1.82) is 0 Å². The highest BCUT2D eigenvalue weighted by molar-refractivity contribution is 6.18. The van der Waals surface area contributed by atoms with Crippen LogP contribution in [0.2, 0.25) is 0 Å². The van der Waals surface area contributed by atoms with Crippen LogP contribution in [0.25, 0.3) is 0 Å². The summed E-state index contributed by atoms with van der Waals surface area (Å²) in [6, 6.07) is 6.69. The van der Waals surface area contributed by atoms with Crippen LogP contribution in [0.5, 0.6) is 0 Å². The Morgan fingerprint density at radius 1 is 1.19 bits per heavy atom. The van der Waals surface area contributed by atoms with Gasteiger partial charge in [0.25, 0.3) is 0 Å². The Bertz CT molecular complexity index is 286. The molecule has 0 bridgehead atoms. The molecule has 0 atom stereocenters. The smallest absolute Gasteiger partial charge is 0.123 e. The molecule has 1 rings (SSSR count). The van der Waals surface area contributed by atoms with E-state index < -0.39 is 0 Å². The summed E-state index contributed by atoms with van der Waals surface area (Å²) in [4.78, 5) is 2.31. The van der Waals surface area contributed by atoms with Gasteiger partial charge in [0.2, 0.25) is 0 Å². The van der Waals surface area contributed by atoms with Gasteiger partial charge in [-0.2, -0.15) is 0 Å². The summed E-state index contributed by atoms with van der Waals surface area (Å²) in [5.74, 6) is 0.464. The fourth-order valence-electron chi connectivity index (χ4n) is 1.62. The van der Waals surface area contributed by atoms with E-state index in [1.54, 1.807) is 0 Å². The first kappa shape index (κ1) is 13.5. The van der Waals surface area contributed by atoms with Gasteiger partial charge in [-0.15, -0.1) is 11.6 Å². The minimum atomic E-state index is -0.179. The second-order valence-corrected chi connectivity index (χ2v) is 4.32. The van der Waals surface area contributed by atoms with Crippen molar-refractivity contribution >= 4 is 11.6 Å². The molecule has 0 amide bonds. The lowest BCUT2D eigenvalue weighted by atomic mass is 10.2. The van der Waals surface area contributed by atoms with E-state index in [0.29, 0.717) is 5.88 Å². The Hall–Kier alpha value is -0.600. The molecule has 1 nitrogen and oxygen atoms in total. The molecule has 90 valence electrons. The molecular weight excluding hydrogens is 225 g/mol. The molecule has 0 unspecified atom stereocenters. The van der Waals surface area contributed by atoms with Gasteiger partial charge in [0.05, 0.1) is 0 Å². The van der Waals surface area contributed by atoms with Crippen LogP contribution in [0.3, 0.4) is 0 Å². The maximum atomic E-state index is 12.7. The standard InChI is InChI=1S/C13H19ClFN/c1-2-3-9-16(10-8-14)11-12-4-6-13(15)7-5-12/h4-7H,2-3,8-11H2,1H3. The molecule has 16 heavy (non-hydrogen) atoms. The van der Waals surface area contributed by atoms with E-state index >= 15 is 0 Å². The zero-order chi connectivity index (χ0) is 11.8. The Morgan fingerprint density at radius 3 is 2.44 bits per heavy atom. The highest BCUT2D eigenvalue weighted by Crippen LogP contribution is 2.07. The fourth-order valence-corrected chi connectivity index (χ4v) is 1.86. The van der Waals surface area contributed by atoms with E-state index in [9.17, 15) is 4.39 Å². The summed E-state index contributed by atoms with van der Waals surface area (Å²) in [5.41, 5.74) is 1.14. The van der Waals surface area contributed by atoms with Crippen molar-refractivity contribution in [2.45, 2.75) is 26.3 Å². The number of alkyl halides is 1. The number of benzene rings is 1. The lowest BCUT2D eigenvalue weighted by Gasteiger charge is -2.20. The molecule has 0 aliphatic heterocycles. The van der Waals surface area contributed by atoms with Gasteiger partial charge in [0.1, 0.15) is 5.82 Å². The molecule has 0 radical (unpaired) electrons. The topological polar surface area (TPSA) is 3.24 Å². The molecule has 0 spiro atoms. The van der Waals surface area contributed by atoms with Crippen LogP contribution >= 0.6 is 11.6 Å². The van der Waals surface area contributed by atoms with Crippen LogP contribution in [-0.2, 0) is 6.54 Å². The molecule has 0 heterocycles. The lowest BCUT2D eigenvalue weighted by molar-refractivity contribution is 0.277. The molecule has 0 aromatic heterocycles. The van der Waals surface area contributed by atoms with Crippen LogP contribution < -0.4 is 0 Å². The third-order valence-electron chi connectivity index (χ3n) is 2.55. The van der Waals surface area contributed by atoms with E-state index in [1.807, 2.05) is 12.1 Å². The normalized spacial score (nSPS) is 11.0. The van der Waals surface area contributed by atoms with Gasteiger partial charge in [-0.1, -0.05) is 25.5 Å². The number of hydrogen-bond donors (Lipinski definition) is 0. The molecule has 0 saturated carbocycles. The van der Waals surface area contributed by atoms with Crippen molar-refractivity contribution in [3.8, 4) is 0 Å². The van der Waals surface area contributed by atoms with E-state index in [-0.39, 0.29) is 5.82 Å². The SMILES string of the molecule is CCCCN(CCCl)Cc1ccc(F)cc1. The van der Waals surface area contributed by atoms with E-state index in [1.165, 1.54) is 25.0 Å². The van der Waals surface area contributed by atoms with Crippen LogP contribution in [0.1, 0.15) is 25.3 Å². The fraction of sp³-hybridized carbons (Fsp3) is 0.538. The average Bonchev–Trinajstić information content (AvgIpc) is 2.29. The second-order valence-electron chi connectivity index (χ2n) is 3.95. The van der Waals surface area contributed by atoms with Crippen molar-refractivity contribution in [1.82, 2.24) is 4.90 Å². The van der Waals surface area contributed by atoms with Gasteiger partial charge in [0.15, 0.2) is 0 Å². The highest BCUT2D eigenvalue weighted by Gasteiger charge is 2.04. The van der Waals surface area contributed by atoms with Crippen molar-refractivity contribution in [2.75, 3.05) is 19.0 Å². The van der Waals surface area contributed by atoms with Crippen molar-refractivity contribution in [3.05, 3.63) is 35.6 Å². The third-order valence-corrected chi connectivity index (χ3v) is 2.72. The number of unbranched alkanes of at least 4 members (excludes halogenated alkanes) is 1. The summed E-state index contributed by atoms with van der Waals surface area (Å²) >= 11 is 5.76. The van der Waals surface area contributed by atoms with Crippen molar-refractivity contribution in [2.24, 2.45) is 0 Å².